The number of nitrogens with two attached hydrogens (primary N) is 1. The number of benzene rings is 1. The molecule has 2 N–H and O–H groups in total. The quantitative estimate of drug-likeness (QED) is 0.856. The Morgan fingerprint density at radius 3 is 2.79 bits per heavy atom. The first kappa shape index (κ1) is 13.5. The van der Waals surface area contributed by atoms with Crippen molar-refractivity contribution >= 4 is 16.9 Å². The number of rotatable bonds is 4. The summed E-state index contributed by atoms with van der Waals surface area (Å²) in [5.41, 5.74) is 6.18. The van der Waals surface area contributed by atoms with Crippen LogP contribution in [0.5, 0.6) is 5.75 Å². The van der Waals surface area contributed by atoms with E-state index in [0.717, 1.165) is 10.9 Å². The molecule has 0 unspecified atom stereocenters. The minimum atomic E-state index is -0.271. The highest BCUT2D eigenvalue weighted by molar-refractivity contribution is 5.87. The zero-order chi connectivity index (χ0) is 13.9. The van der Waals surface area contributed by atoms with Crippen LogP contribution in [0.3, 0.4) is 0 Å². The van der Waals surface area contributed by atoms with Crippen molar-refractivity contribution in [2.45, 2.75) is 20.3 Å². The van der Waals surface area contributed by atoms with Crippen LogP contribution >= 0.6 is 0 Å². The summed E-state index contributed by atoms with van der Waals surface area (Å²) in [7, 11) is 0. The van der Waals surface area contributed by atoms with Crippen molar-refractivity contribution < 1.29 is 9.53 Å². The van der Waals surface area contributed by atoms with E-state index in [0.29, 0.717) is 18.7 Å². The third-order valence-corrected chi connectivity index (χ3v) is 3.01. The molecule has 0 radical (unpaired) electrons. The minimum absolute atomic E-state index is 0.250. The van der Waals surface area contributed by atoms with Crippen molar-refractivity contribution in [2.75, 3.05) is 6.54 Å². The Bertz CT molecular complexity index is 588. The highest BCUT2D eigenvalue weighted by Crippen LogP contribution is 2.25. The Hall–Kier alpha value is -1.94. The van der Waals surface area contributed by atoms with Gasteiger partial charge in [0.25, 0.3) is 0 Å². The van der Waals surface area contributed by atoms with Gasteiger partial charge in [-0.2, -0.15) is 0 Å². The molecule has 100 valence electrons. The lowest BCUT2D eigenvalue weighted by Crippen LogP contribution is -2.28. The van der Waals surface area contributed by atoms with Crippen molar-refractivity contribution in [3.8, 4) is 5.75 Å². The van der Waals surface area contributed by atoms with Gasteiger partial charge < -0.3 is 10.5 Å². The molecular formula is C15H18N2O2. The number of hydrogen-bond donors (Lipinski definition) is 1. The zero-order valence-corrected chi connectivity index (χ0v) is 11.2. The normalized spacial score (nSPS) is 11.5. The smallest absolute Gasteiger partial charge is 0.311 e. The molecule has 19 heavy (non-hydrogen) atoms. The molecule has 0 saturated carbocycles. The summed E-state index contributed by atoms with van der Waals surface area (Å²) >= 11 is 0. The molecule has 0 aliphatic carbocycles. The van der Waals surface area contributed by atoms with Crippen LogP contribution in [0.25, 0.3) is 10.9 Å². The van der Waals surface area contributed by atoms with E-state index >= 15 is 0 Å². The van der Waals surface area contributed by atoms with Gasteiger partial charge in [-0.05, 0) is 30.2 Å². The van der Waals surface area contributed by atoms with Gasteiger partial charge in [-0.1, -0.05) is 26.0 Å². The molecule has 0 aliphatic rings. The monoisotopic (exact) mass is 258 g/mol. The lowest BCUT2D eigenvalue weighted by molar-refractivity contribution is -0.136. The second-order valence-corrected chi connectivity index (χ2v) is 5.35. The number of fused-ring (bicyclic) bond motifs is 1. The van der Waals surface area contributed by atoms with Gasteiger partial charge in [-0.3, -0.25) is 9.78 Å². The van der Waals surface area contributed by atoms with Crippen molar-refractivity contribution in [1.29, 1.82) is 0 Å². The maximum absolute atomic E-state index is 11.9. The first-order chi connectivity index (χ1) is 9.02. The van der Waals surface area contributed by atoms with Crippen LogP contribution in [0.2, 0.25) is 0 Å². The number of hydrogen-bond acceptors (Lipinski definition) is 4. The van der Waals surface area contributed by atoms with Crippen molar-refractivity contribution in [2.24, 2.45) is 11.1 Å². The molecule has 0 bridgehead atoms. The van der Waals surface area contributed by atoms with E-state index in [1.165, 1.54) is 0 Å². The molecule has 0 spiro atoms. The molecule has 0 amide bonds. The zero-order valence-electron chi connectivity index (χ0n) is 11.2. The van der Waals surface area contributed by atoms with Gasteiger partial charge in [0, 0.05) is 11.6 Å². The van der Waals surface area contributed by atoms with Crippen molar-refractivity contribution in [3.05, 3.63) is 36.5 Å². The van der Waals surface area contributed by atoms with E-state index in [1.807, 2.05) is 38.1 Å². The lowest BCUT2D eigenvalue weighted by Gasteiger charge is -2.20. The first-order valence-corrected chi connectivity index (χ1v) is 6.26. The minimum Gasteiger partial charge on any atom is -0.426 e. The van der Waals surface area contributed by atoms with Gasteiger partial charge in [0.15, 0.2) is 0 Å². The van der Waals surface area contributed by atoms with E-state index in [4.69, 9.17) is 10.5 Å². The number of ether oxygens (including phenoxy) is 1. The summed E-state index contributed by atoms with van der Waals surface area (Å²) < 4.78 is 5.43. The number of carbonyl (C=O) groups is 1. The molecule has 2 rings (SSSR count). The van der Waals surface area contributed by atoms with Crippen molar-refractivity contribution in [3.63, 3.8) is 0 Å². The van der Waals surface area contributed by atoms with Gasteiger partial charge in [-0.15, -0.1) is 0 Å². The van der Waals surface area contributed by atoms with Gasteiger partial charge in [0.05, 0.1) is 11.9 Å². The lowest BCUT2D eigenvalue weighted by atomic mass is 9.90. The maximum Gasteiger partial charge on any atom is 0.311 e. The summed E-state index contributed by atoms with van der Waals surface area (Å²) in [6.07, 6.45) is 1.93. The molecular weight excluding hydrogens is 240 g/mol. The topological polar surface area (TPSA) is 65.2 Å². The average molecular weight is 258 g/mol. The summed E-state index contributed by atoms with van der Waals surface area (Å²) in [6.45, 7) is 4.33. The summed E-state index contributed by atoms with van der Waals surface area (Å²) in [5.74, 6) is 0.273. The molecule has 2 aromatic rings. The third-order valence-electron chi connectivity index (χ3n) is 3.01. The summed E-state index contributed by atoms with van der Waals surface area (Å²) in [4.78, 5) is 16.2. The van der Waals surface area contributed by atoms with Crippen LogP contribution in [0.4, 0.5) is 0 Å². The van der Waals surface area contributed by atoms with Crippen molar-refractivity contribution in [1.82, 2.24) is 4.98 Å². The van der Waals surface area contributed by atoms with Gasteiger partial charge in [-0.25, -0.2) is 0 Å². The highest BCUT2D eigenvalue weighted by atomic mass is 16.5. The molecule has 4 heteroatoms. The van der Waals surface area contributed by atoms with E-state index in [9.17, 15) is 4.79 Å². The largest absolute Gasteiger partial charge is 0.426 e. The number of aromatic nitrogens is 1. The molecule has 1 aromatic heterocycles. The Labute approximate surface area is 112 Å². The predicted octanol–water partition coefficient (Wildman–Crippen LogP) is 2.52. The number of esters is 1. The molecule has 4 nitrogen and oxygen atoms in total. The van der Waals surface area contributed by atoms with E-state index in [2.05, 4.69) is 4.98 Å². The fourth-order valence-corrected chi connectivity index (χ4v) is 1.78. The Kier molecular flexibility index (Phi) is 3.81. The average Bonchev–Trinajstić information content (AvgIpc) is 2.38. The number of para-hydroxylation sites is 1. The van der Waals surface area contributed by atoms with Gasteiger partial charge in [0.1, 0.15) is 5.75 Å². The Morgan fingerprint density at radius 2 is 2.05 bits per heavy atom. The number of carbonyl (C=O) groups excluding carboxylic acids is 1. The van der Waals surface area contributed by atoms with Crippen LogP contribution < -0.4 is 10.5 Å². The fourth-order valence-electron chi connectivity index (χ4n) is 1.78. The van der Waals surface area contributed by atoms with Crippen LogP contribution in [-0.2, 0) is 4.79 Å². The van der Waals surface area contributed by atoms with E-state index in [-0.39, 0.29) is 11.4 Å². The second kappa shape index (κ2) is 5.36. The SMILES string of the molecule is CC(C)(CN)CC(=O)Oc1ccnc2ccccc12. The maximum atomic E-state index is 11.9. The van der Waals surface area contributed by atoms with E-state index < -0.39 is 0 Å². The Morgan fingerprint density at radius 1 is 1.32 bits per heavy atom. The first-order valence-electron chi connectivity index (χ1n) is 6.26. The van der Waals surface area contributed by atoms with Crippen LogP contribution in [0.1, 0.15) is 20.3 Å². The number of nitrogens with zero attached hydrogens (tertiary/aromatic N) is 1. The highest BCUT2D eigenvalue weighted by Gasteiger charge is 2.22. The molecule has 1 aromatic carbocycles. The molecule has 0 saturated heterocycles. The van der Waals surface area contributed by atoms with Crippen LogP contribution in [0.15, 0.2) is 36.5 Å². The van der Waals surface area contributed by atoms with E-state index in [1.54, 1.807) is 12.3 Å². The molecule has 1 heterocycles. The third kappa shape index (κ3) is 3.29. The van der Waals surface area contributed by atoms with Gasteiger partial charge in [0.2, 0.25) is 0 Å². The van der Waals surface area contributed by atoms with Crippen LogP contribution in [0, 0.1) is 5.41 Å². The number of pyridine rings is 1. The standard InChI is InChI=1S/C15H18N2O2/c1-15(2,10-16)9-14(18)19-13-7-8-17-12-6-4-3-5-11(12)13/h3-8H,9-10,16H2,1-2H3. The fraction of sp³-hybridized carbons (Fsp3) is 0.333. The Balaban J connectivity index is 2.20. The predicted molar refractivity (Wildman–Crippen MR) is 74.8 cm³/mol. The molecule has 0 fully saturated rings. The van der Waals surface area contributed by atoms with Gasteiger partial charge >= 0.3 is 5.97 Å². The molecule has 0 atom stereocenters. The summed E-state index contributed by atoms with van der Waals surface area (Å²) in [5, 5.41) is 0.837. The molecule has 0 aliphatic heterocycles. The van der Waals surface area contributed by atoms with Crippen LogP contribution in [-0.4, -0.2) is 17.5 Å². The second-order valence-electron chi connectivity index (χ2n) is 5.35. The summed E-state index contributed by atoms with van der Waals surface area (Å²) in [6, 6.07) is 9.27.